The van der Waals surface area contributed by atoms with Gasteiger partial charge in [-0.1, -0.05) is 19.8 Å². The van der Waals surface area contributed by atoms with Crippen molar-refractivity contribution in [2.24, 2.45) is 0 Å². The lowest BCUT2D eigenvalue weighted by Gasteiger charge is -2.07. The highest BCUT2D eigenvalue weighted by molar-refractivity contribution is 7.98. The smallest absolute Gasteiger partial charge is 0.0701 e. The lowest BCUT2D eigenvalue weighted by molar-refractivity contribution is 0.0147. The van der Waals surface area contributed by atoms with Gasteiger partial charge >= 0.3 is 0 Å². The molecular weight excluding hydrogens is 286 g/mol. The Morgan fingerprint density at radius 2 is 1.38 bits per heavy atom. The molecule has 0 aromatic heterocycles. The Balaban J connectivity index is 2.90. The van der Waals surface area contributed by atoms with Crippen LogP contribution in [0.1, 0.15) is 39.0 Å². The summed E-state index contributed by atoms with van der Waals surface area (Å²) in [5.41, 5.74) is 0. The topological polar surface area (TPSA) is 39.7 Å². The molecule has 0 radical (unpaired) electrons. The Kier molecular flexibility index (Phi) is 20.4. The Labute approximate surface area is 135 Å². The zero-order valence-corrected chi connectivity index (χ0v) is 14.8. The van der Waals surface area contributed by atoms with Crippen LogP contribution in [-0.2, 0) is 14.2 Å². The molecule has 0 aliphatic carbocycles. The second kappa shape index (κ2) is 20.2. The van der Waals surface area contributed by atoms with Crippen LogP contribution in [0.5, 0.6) is 0 Å². The van der Waals surface area contributed by atoms with E-state index in [2.05, 4.69) is 18.5 Å². The molecule has 0 spiro atoms. The molecule has 0 heterocycles. The Hall–Kier alpha value is 0.190. The van der Waals surface area contributed by atoms with Gasteiger partial charge in [0.25, 0.3) is 0 Å². The van der Waals surface area contributed by atoms with Crippen LogP contribution in [0, 0.1) is 0 Å². The van der Waals surface area contributed by atoms with E-state index in [1.54, 1.807) is 0 Å². The van der Waals surface area contributed by atoms with Crippen molar-refractivity contribution in [3.8, 4) is 0 Å². The fourth-order valence-electron chi connectivity index (χ4n) is 1.73. The van der Waals surface area contributed by atoms with Gasteiger partial charge in [0.1, 0.15) is 0 Å². The number of hydrogen-bond donors (Lipinski definition) is 1. The summed E-state index contributed by atoms with van der Waals surface area (Å²) >= 11 is 1.93. The van der Waals surface area contributed by atoms with Crippen molar-refractivity contribution in [3.63, 3.8) is 0 Å². The third kappa shape index (κ3) is 20.2. The van der Waals surface area contributed by atoms with E-state index >= 15 is 0 Å². The van der Waals surface area contributed by atoms with Gasteiger partial charge in [0.2, 0.25) is 0 Å². The summed E-state index contributed by atoms with van der Waals surface area (Å²) in [5, 5.41) is 3.40. The van der Waals surface area contributed by atoms with Gasteiger partial charge in [0.15, 0.2) is 0 Å². The highest BCUT2D eigenvalue weighted by atomic mass is 32.2. The first-order valence-corrected chi connectivity index (χ1v) is 9.74. The van der Waals surface area contributed by atoms with Crippen LogP contribution in [0.4, 0.5) is 0 Å². The van der Waals surface area contributed by atoms with Gasteiger partial charge in [0.05, 0.1) is 33.0 Å². The quantitative estimate of drug-likeness (QED) is 0.393. The third-order valence-corrected chi connectivity index (χ3v) is 3.71. The lowest BCUT2D eigenvalue weighted by atomic mass is 10.2. The SMILES string of the molecule is CCCCOCCOCCOCCNCCCCCSC. The maximum atomic E-state index is 5.49. The first-order chi connectivity index (χ1) is 10.4. The molecule has 4 nitrogen and oxygen atoms in total. The molecule has 0 unspecified atom stereocenters. The van der Waals surface area contributed by atoms with Crippen molar-refractivity contribution in [2.45, 2.75) is 39.0 Å². The van der Waals surface area contributed by atoms with E-state index in [4.69, 9.17) is 14.2 Å². The Morgan fingerprint density at radius 3 is 2.05 bits per heavy atom. The predicted molar refractivity (Wildman–Crippen MR) is 92.5 cm³/mol. The number of rotatable bonds is 18. The van der Waals surface area contributed by atoms with E-state index in [1.165, 1.54) is 31.4 Å². The molecule has 0 saturated heterocycles. The van der Waals surface area contributed by atoms with Gasteiger partial charge in [-0.2, -0.15) is 11.8 Å². The van der Waals surface area contributed by atoms with Crippen molar-refractivity contribution in [1.29, 1.82) is 0 Å². The van der Waals surface area contributed by atoms with Crippen LogP contribution in [0.2, 0.25) is 0 Å². The number of thioether (sulfide) groups is 1. The zero-order chi connectivity index (χ0) is 15.4. The highest BCUT2D eigenvalue weighted by Crippen LogP contribution is 2.00. The van der Waals surface area contributed by atoms with E-state index in [0.29, 0.717) is 26.4 Å². The Morgan fingerprint density at radius 1 is 0.714 bits per heavy atom. The van der Waals surface area contributed by atoms with Crippen LogP contribution in [0.25, 0.3) is 0 Å². The van der Waals surface area contributed by atoms with E-state index in [9.17, 15) is 0 Å². The normalized spacial score (nSPS) is 11.1. The molecular formula is C16H35NO3S. The second-order valence-corrected chi connectivity index (χ2v) is 5.98. The first kappa shape index (κ1) is 21.2. The van der Waals surface area contributed by atoms with Gasteiger partial charge < -0.3 is 19.5 Å². The fraction of sp³-hybridized carbons (Fsp3) is 1.00. The minimum Gasteiger partial charge on any atom is -0.379 e. The minimum absolute atomic E-state index is 0.659. The number of unbranched alkanes of at least 4 members (excludes halogenated alkanes) is 3. The predicted octanol–water partition coefficient (Wildman–Crippen LogP) is 2.96. The monoisotopic (exact) mass is 321 g/mol. The molecule has 0 aromatic rings. The van der Waals surface area contributed by atoms with Crippen LogP contribution >= 0.6 is 11.8 Å². The van der Waals surface area contributed by atoms with E-state index in [1.807, 2.05) is 11.8 Å². The largest absolute Gasteiger partial charge is 0.379 e. The molecule has 0 saturated carbocycles. The van der Waals surface area contributed by atoms with Crippen LogP contribution in [0.3, 0.4) is 0 Å². The van der Waals surface area contributed by atoms with Crippen molar-refractivity contribution >= 4 is 11.8 Å². The maximum Gasteiger partial charge on any atom is 0.0701 e. The molecule has 0 atom stereocenters. The summed E-state index contributed by atoms with van der Waals surface area (Å²) in [6.07, 6.45) is 8.40. The van der Waals surface area contributed by atoms with E-state index in [0.717, 1.165) is 32.7 Å². The molecule has 0 aromatic carbocycles. The number of hydrogen-bond acceptors (Lipinski definition) is 5. The highest BCUT2D eigenvalue weighted by Gasteiger charge is 1.93. The standard InChI is InChI=1S/C16H35NO3S/c1-3-4-10-18-12-14-20-15-13-19-11-9-17-8-6-5-7-16-21-2/h17H,3-16H2,1-2H3. The van der Waals surface area contributed by atoms with Crippen LogP contribution in [-0.4, -0.2) is 64.7 Å². The molecule has 21 heavy (non-hydrogen) atoms. The summed E-state index contributed by atoms with van der Waals surface area (Å²) in [4.78, 5) is 0. The average Bonchev–Trinajstić information content (AvgIpc) is 2.50. The minimum atomic E-state index is 0.659. The number of nitrogens with one attached hydrogen (secondary N) is 1. The van der Waals surface area contributed by atoms with Crippen LogP contribution in [0.15, 0.2) is 0 Å². The van der Waals surface area contributed by atoms with Crippen molar-refractivity contribution < 1.29 is 14.2 Å². The average molecular weight is 322 g/mol. The second-order valence-electron chi connectivity index (χ2n) is 4.99. The van der Waals surface area contributed by atoms with Gasteiger partial charge in [-0.05, 0) is 37.8 Å². The van der Waals surface area contributed by atoms with E-state index in [-0.39, 0.29) is 0 Å². The van der Waals surface area contributed by atoms with Gasteiger partial charge in [-0.3, -0.25) is 0 Å². The Bertz CT molecular complexity index is 167. The molecule has 128 valence electrons. The molecule has 0 aliphatic heterocycles. The summed E-state index contributed by atoms with van der Waals surface area (Å²) in [5.74, 6) is 1.28. The molecule has 0 amide bonds. The summed E-state index contributed by atoms with van der Waals surface area (Å²) in [6, 6.07) is 0. The molecule has 5 heteroatoms. The van der Waals surface area contributed by atoms with Gasteiger partial charge in [0, 0.05) is 13.2 Å². The number of ether oxygens (including phenoxy) is 3. The van der Waals surface area contributed by atoms with Crippen LogP contribution < -0.4 is 5.32 Å². The molecule has 1 N–H and O–H groups in total. The summed E-state index contributed by atoms with van der Waals surface area (Å²) < 4.78 is 16.3. The fourth-order valence-corrected chi connectivity index (χ4v) is 2.22. The first-order valence-electron chi connectivity index (χ1n) is 8.34. The van der Waals surface area contributed by atoms with E-state index < -0.39 is 0 Å². The molecule has 0 aliphatic rings. The summed E-state index contributed by atoms with van der Waals surface area (Å²) in [7, 11) is 0. The van der Waals surface area contributed by atoms with Gasteiger partial charge in [-0.15, -0.1) is 0 Å². The lowest BCUT2D eigenvalue weighted by Crippen LogP contribution is -2.21. The summed E-state index contributed by atoms with van der Waals surface area (Å²) in [6.45, 7) is 8.50. The van der Waals surface area contributed by atoms with Crippen molar-refractivity contribution in [1.82, 2.24) is 5.32 Å². The van der Waals surface area contributed by atoms with Crippen molar-refractivity contribution in [3.05, 3.63) is 0 Å². The molecule has 0 bridgehead atoms. The molecule has 0 fully saturated rings. The molecule has 0 rings (SSSR count). The van der Waals surface area contributed by atoms with Crippen molar-refractivity contribution in [2.75, 3.05) is 64.7 Å². The third-order valence-electron chi connectivity index (χ3n) is 3.01. The maximum absolute atomic E-state index is 5.49. The van der Waals surface area contributed by atoms with Gasteiger partial charge in [-0.25, -0.2) is 0 Å². The zero-order valence-electron chi connectivity index (χ0n) is 14.0.